The van der Waals surface area contributed by atoms with Crippen molar-refractivity contribution in [2.45, 2.75) is 81.9 Å². The summed E-state index contributed by atoms with van der Waals surface area (Å²) in [6.07, 6.45) is 14.7. The molecule has 0 bridgehead atoms. The number of hydrogen-bond acceptors (Lipinski definition) is 3. The van der Waals surface area contributed by atoms with E-state index in [1.165, 1.54) is 63.4 Å². The van der Waals surface area contributed by atoms with Crippen molar-refractivity contribution in [3.05, 3.63) is 66.2 Å². The van der Waals surface area contributed by atoms with Crippen LogP contribution in [-0.2, 0) is 20.7 Å². The molecule has 0 aliphatic carbocycles. The Morgan fingerprint density at radius 3 is 1.55 bits per heavy atom. The molecule has 0 radical (unpaired) electrons. The molecule has 0 amide bonds. The molecule has 0 saturated carbocycles. The summed E-state index contributed by atoms with van der Waals surface area (Å²) in [5.41, 5.74) is 1.45. The van der Waals surface area contributed by atoms with E-state index < -0.39 is 10.1 Å². The molecule has 0 saturated heterocycles. The molecule has 0 aliphatic rings. The first-order valence-electron chi connectivity index (χ1n) is 11.2. The topological polar surface area (TPSA) is 43.4 Å². The second-order valence-electron chi connectivity index (χ2n) is 7.71. The van der Waals surface area contributed by atoms with Gasteiger partial charge in [-0.1, -0.05) is 106 Å². The molecular weight excluding hydrogens is 380 g/mol. The van der Waals surface area contributed by atoms with Gasteiger partial charge in [0.05, 0.1) is 11.5 Å². The lowest BCUT2D eigenvalue weighted by atomic mass is 10.0. The Bertz CT molecular complexity index is 742. The summed E-state index contributed by atoms with van der Waals surface area (Å²) in [7, 11) is -3.59. The molecule has 2 aromatic rings. The summed E-state index contributed by atoms with van der Waals surface area (Å²) in [5, 5.41) is 0. The SMILES string of the molecule is O=S(=O)(OCCCCCCCCCCCCCc1ccccc1)c1ccccc1. The molecule has 0 spiro atoms. The van der Waals surface area contributed by atoms with Gasteiger partial charge in [0.1, 0.15) is 0 Å². The molecule has 0 heterocycles. The van der Waals surface area contributed by atoms with Crippen molar-refractivity contribution in [3.63, 3.8) is 0 Å². The van der Waals surface area contributed by atoms with E-state index in [-0.39, 0.29) is 11.5 Å². The lowest BCUT2D eigenvalue weighted by Crippen LogP contribution is -2.07. The van der Waals surface area contributed by atoms with Crippen LogP contribution in [0.3, 0.4) is 0 Å². The van der Waals surface area contributed by atoms with E-state index in [1.807, 2.05) is 0 Å². The van der Waals surface area contributed by atoms with Crippen LogP contribution in [-0.4, -0.2) is 15.0 Å². The lowest BCUT2D eigenvalue weighted by Gasteiger charge is -2.06. The average Bonchev–Trinajstić information content (AvgIpc) is 2.75. The largest absolute Gasteiger partial charge is 0.296 e. The highest BCUT2D eigenvalue weighted by molar-refractivity contribution is 7.86. The van der Waals surface area contributed by atoms with Crippen LogP contribution >= 0.6 is 0 Å². The third-order valence-electron chi connectivity index (χ3n) is 5.22. The highest BCUT2D eigenvalue weighted by Gasteiger charge is 2.13. The minimum Gasteiger partial charge on any atom is -0.266 e. The normalized spacial score (nSPS) is 11.6. The minimum absolute atomic E-state index is 0.236. The van der Waals surface area contributed by atoms with Gasteiger partial charge in [0.2, 0.25) is 0 Å². The van der Waals surface area contributed by atoms with E-state index in [1.54, 1.807) is 30.3 Å². The van der Waals surface area contributed by atoms with Crippen LogP contribution in [0.4, 0.5) is 0 Å². The number of rotatable bonds is 16. The Hall–Kier alpha value is -1.65. The zero-order valence-electron chi connectivity index (χ0n) is 17.6. The first kappa shape index (κ1) is 23.6. The molecule has 0 aromatic heterocycles. The Morgan fingerprint density at radius 2 is 1.00 bits per heavy atom. The van der Waals surface area contributed by atoms with Gasteiger partial charge < -0.3 is 0 Å². The monoisotopic (exact) mass is 416 g/mol. The van der Waals surface area contributed by atoms with Gasteiger partial charge in [0.25, 0.3) is 10.1 Å². The number of aryl methyl sites for hydroxylation is 1. The summed E-state index contributed by atoms with van der Waals surface area (Å²) in [5.74, 6) is 0. The average molecular weight is 417 g/mol. The Morgan fingerprint density at radius 1 is 0.552 bits per heavy atom. The minimum atomic E-state index is -3.59. The molecule has 0 N–H and O–H groups in total. The number of hydrogen-bond donors (Lipinski definition) is 0. The molecule has 0 atom stereocenters. The molecule has 0 unspecified atom stereocenters. The van der Waals surface area contributed by atoms with E-state index in [4.69, 9.17) is 4.18 Å². The van der Waals surface area contributed by atoms with E-state index in [2.05, 4.69) is 30.3 Å². The highest BCUT2D eigenvalue weighted by Crippen LogP contribution is 2.14. The van der Waals surface area contributed by atoms with Crippen LogP contribution in [0.5, 0.6) is 0 Å². The Labute approximate surface area is 177 Å². The maximum absolute atomic E-state index is 12.0. The van der Waals surface area contributed by atoms with Gasteiger partial charge in [-0.25, -0.2) is 0 Å². The lowest BCUT2D eigenvalue weighted by molar-refractivity contribution is 0.306. The highest BCUT2D eigenvalue weighted by atomic mass is 32.2. The van der Waals surface area contributed by atoms with Gasteiger partial charge in [0, 0.05) is 0 Å². The molecule has 0 aliphatic heterocycles. The van der Waals surface area contributed by atoms with E-state index in [0.717, 1.165) is 19.3 Å². The molecule has 3 nitrogen and oxygen atoms in total. The zero-order chi connectivity index (χ0) is 20.6. The molecule has 2 aromatic carbocycles. The van der Waals surface area contributed by atoms with Gasteiger partial charge in [-0.05, 0) is 37.0 Å². The molecule has 4 heteroatoms. The van der Waals surface area contributed by atoms with Gasteiger partial charge in [-0.3, -0.25) is 4.18 Å². The summed E-state index contributed by atoms with van der Waals surface area (Å²) < 4.78 is 29.1. The third kappa shape index (κ3) is 10.6. The van der Waals surface area contributed by atoms with Gasteiger partial charge >= 0.3 is 0 Å². The third-order valence-corrected chi connectivity index (χ3v) is 6.55. The Kier molecular flexibility index (Phi) is 11.7. The maximum Gasteiger partial charge on any atom is 0.296 e. The predicted molar refractivity (Wildman–Crippen MR) is 121 cm³/mol. The molecule has 160 valence electrons. The fourth-order valence-corrected chi connectivity index (χ4v) is 4.45. The van der Waals surface area contributed by atoms with Crippen LogP contribution < -0.4 is 0 Å². The van der Waals surface area contributed by atoms with Crippen LogP contribution in [0, 0.1) is 0 Å². The second-order valence-corrected chi connectivity index (χ2v) is 9.33. The van der Waals surface area contributed by atoms with Crippen molar-refractivity contribution in [3.8, 4) is 0 Å². The predicted octanol–water partition coefficient (Wildman–Crippen LogP) is 6.93. The Balaban J connectivity index is 1.35. The fourth-order valence-electron chi connectivity index (χ4n) is 3.49. The first-order valence-corrected chi connectivity index (χ1v) is 12.6. The van der Waals surface area contributed by atoms with Gasteiger partial charge in [0.15, 0.2) is 0 Å². The quantitative estimate of drug-likeness (QED) is 0.220. The summed E-state index contributed by atoms with van der Waals surface area (Å²) in [4.78, 5) is 0.236. The van der Waals surface area contributed by atoms with E-state index in [9.17, 15) is 8.42 Å². The standard InChI is InChI=1S/C25H36O3S/c26-29(27,25-21-15-11-16-22-25)28-23-17-9-7-5-3-1-2-4-6-8-12-18-24-19-13-10-14-20-24/h10-11,13-16,19-22H,1-9,12,17-18,23H2. The van der Waals surface area contributed by atoms with Gasteiger partial charge in [-0.15, -0.1) is 0 Å². The van der Waals surface area contributed by atoms with Crippen molar-refractivity contribution >= 4 is 10.1 Å². The van der Waals surface area contributed by atoms with E-state index >= 15 is 0 Å². The maximum atomic E-state index is 12.0. The zero-order valence-corrected chi connectivity index (χ0v) is 18.4. The molecule has 2 rings (SSSR count). The van der Waals surface area contributed by atoms with Crippen molar-refractivity contribution in [2.24, 2.45) is 0 Å². The molecule has 0 fully saturated rings. The summed E-state index contributed by atoms with van der Waals surface area (Å²) in [6.45, 7) is 0.278. The smallest absolute Gasteiger partial charge is 0.266 e. The van der Waals surface area contributed by atoms with Crippen molar-refractivity contribution in [1.82, 2.24) is 0 Å². The van der Waals surface area contributed by atoms with Crippen molar-refractivity contribution in [1.29, 1.82) is 0 Å². The summed E-state index contributed by atoms with van der Waals surface area (Å²) in [6, 6.07) is 19.1. The van der Waals surface area contributed by atoms with Gasteiger partial charge in [-0.2, -0.15) is 8.42 Å². The van der Waals surface area contributed by atoms with Crippen LogP contribution in [0.25, 0.3) is 0 Å². The molecule has 29 heavy (non-hydrogen) atoms. The second kappa shape index (κ2) is 14.4. The van der Waals surface area contributed by atoms with Crippen LogP contribution in [0.1, 0.15) is 76.2 Å². The summed E-state index contributed by atoms with van der Waals surface area (Å²) >= 11 is 0. The number of unbranched alkanes of at least 4 members (excludes halogenated alkanes) is 10. The van der Waals surface area contributed by atoms with Crippen molar-refractivity contribution < 1.29 is 12.6 Å². The van der Waals surface area contributed by atoms with Crippen molar-refractivity contribution in [2.75, 3.05) is 6.61 Å². The first-order chi connectivity index (χ1) is 14.2. The fraction of sp³-hybridized carbons (Fsp3) is 0.520. The molecular formula is C25H36O3S. The number of benzene rings is 2. The van der Waals surface area contributed by atoms with Crippen LogP contribution in [0.15, 0.2) is 65.6 Å². The van der Waals surface area contributed by atoms with E-state index in [0.29, 0.717) is 0 Å². The van der Waals surface area contributed by atoms with Crippen LogP contribution in [0.2, 0.25) is 0 Å².